The highest BCUT2D eigenvalue weighted by molar-refractivity contribution is 7.20. The molecule has 0 unspecified atom stereocenters. The maximum absolute atomic E-state index is 15.0. The van der Waals surface area contributed by atoms with Crippen molar-refractivity contribution in [1.82, 2.24) is 33.8 Å². The second kappa shape index (κ2) is 9.59. The van der Waals surface area contributed by atoms with Gasteiger partial charge >= 0.3 is 0 Å². The number of thiazole rings is 1. The Morgan fingerprint density at radius 3 is 2.53 bits per heavy atom. The minimum absolute atomic E-state index is 0.00647. The van der Waals surface area contributed by atoms with E-state index in [-0.39, 0.29) is 23.2 Å². The third-order valence-electron chi connectivity index (χ3n) is 6.97. The Morgan fingerprint density at radius 1 is 1.03 bits per heavy atom. The van der Waals surface area contributed by atoms with Gasteiger partial charge in [-0.15, -0.1) is 0 Å². The number of likely N-dealkylation sites (N-methyl/N-ethyl adjacent to an activating group) is 1. The van der Waals surface area contributed by atoms with Gasteiger partial charge in [0.2, 0.25) is 5.95 Å². The van der Waals surface area contributed by atoms with Gasteiger partial charge in [0.15, 0.2) is 22.4 Å². The summed E-state index contributed by atoms with van der Waals surface area (Å²) in [6, 6.07) is 3.06. The van der Waals surface area contributed by atoms with Crippen molar-refractivity contribution >= 4 is 44.1 Å². The summed E-state index contributed by atoms with van der Waals surface area (Å²) in [6.45, 7) is 13.2. The molecule has 0 atom stereocenters. The summed E-state index contributed by atoms with van der Waals surface area (Å²) in [5.41, 5.74) is 1.18. The summed E-state index contributed by atoms with van der Waals surface area (Å²) in [5.74, 6) is 0.264. The number of hydrogen-bond acceptors (Lipinski definition) is 8. The number of aryl methyl sites for hydroxylation is 1. The summed E-state index contributed by atoms with van der Waals surface area (Å²) in [7, 11) is 0. The Kier molecular flexibility index (Phi) is 6.23. The molecule has 1 saturated heterocycles. The van der Waals surface area contributed by atoms with E-state index in [2.05, 4.69) is 48.2 Å². The lowest BCUT2D eigenvalue weighted by Gasteiger charge is -2.34. The van der Waals surface area contributed by atoms with Gasteiger partial charge in [0, 0.05) is 44.0 Å². The van der Waals surface area contributed by atoms with Gasteiger partial charge < -0.3 is 19.7 Å². The Morgan fingerprint density at radius 2 is 1.82 bits per heavy atom. The largest absolute Gasteiger partial charge is 0.360 e. The second-order valence-corrected chi connectivity index (χ2v) is 10.8. The molecule has 1 fully saturated rings. The highest BCUT2D eigenvalue weighted by Gasteiger charge is 2.20. The molecule has 1 N–H and O–H groups in total. The van der Waals surface area contributed by atoms with E-state index in [1.165, 1.54) is 11.1 Å². The van der Waals surface area contributed by atoms with Crippen LogP contribution in [0, 0.1) is 18.6 Å². The van der Waals surface area contributed by atoms with Crippen LogP contribution in [-0.4, -0.2) is 66.5 Å². The number of benzene rings is 1. The minimum Gasteiger partial charge on any atom is -0.360 e. The van der Waals surface area contributed by atoms with Gasteiger partial charge in [0.05, 0.1) is 17.9 Å². The van der Waals surface area contributed by atoms with Crippen molar-refractivity contribution in [2.45, 2.75) is 33.7 Å². The first-order valence-electron chi connectivity index (χ1n) is 12.7. The molecule has 38 heavy (non-hydrogen) atoms. The number of anilines is 3. The zero-order valence-electron chi connectivity index (χ0n) is 21.7. The number of fused-ring (bicyclic) bond motifs is 2. The highest BCUT2D eigenvalue weighted by atomic mass is 32.1. The number of hydrogen-bond donors (Lipinski definition) is 1. The Balaban J connectivity index is 1.27. The lowest BCUT2D eigenvalue weighted by atomic mass is 10.1. The number of nitrogens with zero attached hydrogens (tertiary/aromatic N) is 8. The van der Waals surface area contributed by atoms with Crippen LogP contribution in [0.5, 0.6) is 0 Å². The fourth-order valence-corrected chi connectivity index (χ4v) is 6.10. The van der Waals surface area contributed by atoms with Gasteiger partial charge in [-0.25, -0.2) is 28.7 Å². The predicted molar refractivity (Wildman–Crippen MR) is 146 cm³/mol. The number of halogens is 2. The molecule has 198 valence electrons. The third-order valence-corrected chi connectivity index (χ3v) is 8.03. The molecule has 9 nitrogen and oxygen atoms in total. The Bertz CT molecular complexity index is 1600. The van der Waals surface area contributed by atoms with Crippen LogP contribution in [0.2, 0.25) is 0 Å². The number of piperazine rings is 1. The molecule has 5 heterocycles. The zero-order chi connectivity index (χ0) is 26.6. The first-order chi connectivity index (χ1) is 18.3. The lowest BCUT2D eigenvalue weighted by Crippen LogP contribution is -2.45. The van der Waals surface area contributed by atoms with E-state index >= 15 is 0 Å². The van der Waals surface area contributed by atoms with E-state index < -0.39 is 11.6 Å². The van der Waals surface area contributed by atoms with Crippen LogP contribution in [0.3, 0.4) is 0 Å². The van der Waals surface area contributed by atoms with Crippen molar-refractivity contribution in [3.8, 4) is 11.3 Å². The maximum atomic E-state index is 15.0. The molecule has 0 bridgehead atoms. The first-order valence-corrected chi connectivity index (χ1v) is 13.6. The molecule has 0 spiro atoms. The maximum Gasteiger partial charge on any atom is 0.229 e. The van der Waals surface area contributed by atoms with Crippen molar-refractivity contribution in [2.75, 3.05) is 42.9 Å². The Labute approximate surface area is 222 Å². The number of rotatable bonds is 6. The molecule has 6 rings (SSSR count). The molecule has 1 aliphatic heterocycles. The van der Waals surface area contributed by atoms with Gasteiger partial charge in [0.1, 0.15) is 22.0 Å². The van der Waals surface area contributed by atoms with Crippen LogP contribution in [0.25, 0.3) is 27.3 Å². The molecule has 12 heteroatoms. The van der Waals surface area contributed by atoms with Crippen molar-refractivity contribution in [3.05, 3.63) is 48.2 Å². The average Bonchev–Trinajstić information content (AvgIpc) is 3.56. The van der Waals surface area contributed by atoms with E-state index in [9.17, 15) is 8.78 Å². The summed E-state index contributed by atoms with van der Waals surface area (Å²) < 4.78 is 33.7. The molecular weight excluding hydrogens is 508 g/mol. The monoisotopic (exact) mass is 537 g/mol. The molecular formula is C26H29F2N9S. The molecule has 0 amide bonds. The van der Waals surface area contributed by atoms with E-state index in [0.717, 1.165) is 43.9 Å². The van der Waals surface area contributed by atoms with Crippen molar-refractivity contribution in [1.29, 1.82) is 0 Å². The fourth-order valence-electron chi connectivity index (χ4n) is 5.08. The van der Waals surface area contributed by atoms with Crippen LogP contribution in [0.15, 0.2) is 30.7 Å². The average molecular weight is 538 g/mol. The van der Waals surface area contributed by atoms with Crippen molar-refractivity contribution in [2.24, 2.45) is 0 Å². The van der Waals surface area contributed by atoms with E-state index in [4.69, 9.17) is 0 Å². The summed E-state index contributed by atoms with van der Waals surface area (Å²) in [4.78, 5) is 23.1. The first kappa shape index (κ1) is 24.7. The second-order valence-electron chi connectivity index (χ2n) is 9.77. The topological polar surface area (TPSA) is 79.4 Å². The normalized spacial score (nSPS) is 14.9. The number of imidazole rings is 2. The summed E-state index contributed by atoms with van der Waals surface area (Å²) in [6.07, 6.45) is 5.03. The number of nitrogens with one attached hydrogen (secondary N) is 1. The molecule has 5 aromatic rings. The van der Waals surface area contributed by atoms with Gasteiger partial charge in [-0.3, -0.25) is 4.40 Å². The Hall–Kier alpha value is -3.64. The van der Waals surface area contributed by atoms with Gasteiger partial charge in [-0.2, -0.15) is 0 Å². The van der Waals surface area contributed by atoms with Gasteiger partial charge in [-0.05, 0) is 39.4 Å². The van der Waals surface area contributed by atoms with Crippen molar-refractivity contribution in [3.63, 3.8) is 0 Å². The van der Waals surface area contributed by atoms with Crippen LogP contribution >= 0.6 is 11.3 Å². The number of aromatic nitrogens is 6. The molecule has 0 radical (unpaired) electrons. The van der Waals surface area contributed by atoms with Crippen LogP contribution in [-0.2, 0) is 0 Å². The quantitative estimate of drug-likeness (QED) is 0.317. The lowest BCUT2D eigenvalue weighted by molar-refractivity contribution is 0.271. The van der Waals surface area contributed by atoms with E-state index in [1.54, 1.807) is 17.4 Å². The SMILES string of the molecule is CCN1CCN(c2cn3cc(Nc4ncc(F)c(-c5cc(F)c6nc(C)n(C(C)C)c6c5)n4)nc3s2)CC1. The molecule has 0 saturated carbocycles. The molecule has 4 aromatic heterocycles. The van der Waals surface area contributed by atoms with Gasteiger partial charge in [0.25, 0.3) is 0 Å². The predicted octanol–water partition coefficient (Wildman–Crippen LogP) is 5.26. The highest BCUT2D eigenvalue weighted by Crippen LogP contribution is 2.32. The van der Waals surface area contributed by atoms with Crippen molar-refractivity contribution < 1.29 is 8.78 Å². The molecule has 1 aliphatic rings. The third kappa shape index (κ3) is 4.37. The minimum atomic E-state index is -0.639. The van der Waals surface area contributed by atoms with E-state index in [1.807, 2.05) is 35.9 Å². The van der Waals surface area contributed by atoms with E-state index in [0.29, 0.717) is 22.7 Å². The van der Waals surface area contributed by atoms with Crippen LogP contribution in [0.1, 0.15) is 32.6 Å². The fraction of sp³-hybridized carbons (Fsp3) is 0.385. The van der Waals surface area contributed by atoms with Gasteiger partial charge in [-0.1, -0.05) is 18.3 Å². The molecule has 1 aromatic carbocycles. The van der Waals surface area contributed by atoms with Crippen LogP contribution in [0.4, 0.5) is 25.5 Å². The molecule has 0 aliphatic carbocycles. The summed E-state index contributed by atoms with van der Waals surface area (Å²) >= 11 is 1.62. The smallest absolute Gasteiger partial charge is 0.229 e. The summed E-state index contributed by atoms with van der Waals surface area (Å²) in [5, 5.41) is 4.25. The standard InChI is InChI=1S/C26H29F2N9S/c1-5-34-6-8-35(9-7-34)22-14-36-13-21(32-26(36)38-22)31-25-29-12-19(28)23(33-25)17-10-18(27)24-20(11-17)37(15(2)3)16(4)30-24/h10-15H,5-9H2,1-4H3,(H,29,31,33). The zero-order valence-corrected chi connectivity index (χ0v) is 22.6. The van der Waals surface area contributed by atoms with Crippen LogP contribution < -0.4 is 10.2 Å².